The van der Waals surface area contributed by atoms with E-state index in [0.29, 0.717) is 0 Å². The van der Waals surface area contributed by atoms with Crippen molar-refractivity contribution in [2.24, 2.45) is 0 Å². The van der Waals surface area contributed by atoms with Gasteiger partial charge in [0, 0.05) is 0 Å². The standard InChI is InChI=1S/C5H8BNO3/c1-3(9)4(2-8)7-5(6)10/h4,8H,2H2,1H3,(H,7,10). The van der Waals surface area contributed by atoms with E-state index in [9.17, 15) is 9.59 Å². The molecule has 54 valence electrons. The molecule has 0 aromatic carbocycles. The van der Waals surface area contributed by atoms with Crippen LogP contribution in [0.25, 0.3) is 0 Å². The molecule has 1 unspecified atom stereocenters. The van der Waals surface area contributed by atoms with E-state index in [2.05, 4.69) is 5.32 Å². The lowest BCUT2D eigenvalue weighted by atomic mass is 10.1. The van der Waals surface area contributed by atoms with Crippen molar-refractivity contribution in [2.45, 2.75) is 13.0 Å². The van der Waals surface area contributed by atoms with Crippen LogP contribution in [0, 0.1) is 0 Å². The summed E-state index contributed by atoms with van der Waals surface area (Å²) in [6, 6.07) is -0.863. The molecule has 0 saturated heterocycles. The molecule has 2 N–H and O–H groups in total. The lowest BCUT2D eigenvalue weighted by Crippen LogP contribution is -2.41. The Bertz CT molecular complexity index is 148. The number of amides is 1. The maximum absolute atomic E-state index is 10.5. The van der Waals surface area contributed by atoms with Crippen LogP contribution < -0.4 is 5.32 Å². The van der Waals surface area contributed by atoms with Crippen molar-refractivity contribution in [2.75, 3.05) is 6.61 Å². The third-order valence-electron chi connectivity index (χ3n) is 0.990. The van der Waals surface area contributed by atoms with Crippen LogP contribution in [0.3, 0.4) is 0 Å². The van der Waals surface area contributed by atoms with E-state index in [1.54, 1.807) is 0 Å². The molecule has 0 saturated carbocycles. The van der Waals surface area contributed by atoms with Gasteiger partial charge in [0.2, 0.25) is 7.85 Å². The molecule has 0 spiro atoms. The minimum Gasteiger partial charge on any atom is -0.394 e. The van der Waals surface area contributed by atoms with Crippen LogP contribution in [0.5, 0.6) is 0 Å². The molecule has 0 aliphatic rings. The molecule has 4 nitrogen and oxygen atoms in total. The Kier molecular flexibility index (Phi) is 3.72. The van der Waals surface area contributed by atoms with Gasteiger partial charge in [-0.1, -0.05) is 0 Å². The van der Waals surface area contributed by atoms with E-state index in [1.165, 1.54) is 6.92 Å². The van der Waals surface area contributed by atoms with Gasteiger partial charge in [0.1, 0.15) is 6.04 Å². The summed E-state index contributed by atoms with van der Waals surface area (Å²) in [6.07, 6.45) is 0. The highest BCUT2D eigenvalue weighted by Gasteiger charge is 2.11. The summed E-state index contributed by atoms with van der Waals surface area (Å²) in [5.41, 5.74) is 0. The Labute approximate surface area is 60.0 Å². The van der Waals surface area contributed by atoms with Crippen LogP contribution in [0.1, 0.15) is 6.92 Å². The Morgan fingerprint density at radius 3 is 2.30 bits per heavy atom. The van der Waals surface area contributed by atoms with Gasteiger partial charge >= 0.3 is 0 Å². The second kappa shape index (κ2) is 4.06. The molecule has 0 bridgehead atoms. The zero-order chi connectivity index (χ0) is 8.15. The molecule has 0 aliphatic carbocycles. The van der Waals surface area contributed by atoms with E-state index in [0.717, 1.165) is 0 Å². The van der Waals surface area contributed by atoms with E-state index in [4.69, 9.17) is 13.0 Å². The van der Waals surface area contributed by atoms with Crippen LogP contribution in [-0.4, -0.2) is 37.2 Å². The quantitative estimate of drug-likeness (QED) is 0.485. The van der Waals surface area contributed by atoms with Gasteiger partial charge in [0.05, 0.1) is 6.61 Å². The first-order chi connectivity index (χ1) is 4.57. The monoisotopic (exact) mass is 141 g/mol. The molecule has 0 heterocycles. The van der Waals surface area contributed by atoms with Crippen molar-refractivity contribution < 1.29 is 14.7 Å². The number of carbonyl (C=O) groups is 2. The zero-order valence-corrected chi connectivity index (χ0v) is 5.63. The normalized spacial score (nSPS) is 12.2. The van der Waals surface area contributed by atoms with Crippen LogP contribution >= 0.6 is 0 Å². The third kappa shape index (κ3) is 3.24. The van der Waals surface area contributed by atoms with Gasteiger partial charge in [-0.05, 0) is 6.92 Å². The number of carbonyl (C=O) groups excluding carboxylic acids is 2. The number of nitrogens with one attached hydrogen (secondary N) is 1. The van der Waals surface area contributed by atoms with Gasteiger partial charge in [-0.15, -0.1) is 0 Å². The summed E-state index contributed by atoms with van der Waals surface area (Å²) in [4.78, 5) is 20.6. The number of ketones is 1. The van der Waals surface area contributed by atoms with Crippen molar-refractivity contribution in [3.8, 4) is 0 Å². The number of aliphatic hydroxyl groups excluding tert-OH is 1. The van der Waals surface area contributed by atoms with Gasteiger partial charge < -0.3 is 10.4 Å². The summed E-state index contributed by atoms with van der Waals surface area (Å²) in [5.74, 6) is -1.13. The fourth-order valence-electron chi connectivity index (χ4n) is 0.448. The summed E-state index contributed by atoms with van der Waals surface area (Å²) in [7, 11) is 4.69. The average molecular weight is 141 g/mol. The first-order valence-corrected chi connectivity index (χ1v) is 2.75. The topological polar surface area (TPSA) is 66.4 Å². The summed E-state index contributed by atoms with van der Waals surface area (Å²) in [6.45, 7) is 0.842. The van der Waals surface area contributed by atoms with Crippen molar-refractivity contribution in [1.82, 2.24) is 5.32 Å². The smallest absolute Gasteiger partial charge is 0.200 e. The predicted molar refractivity (Wildman–Crippen MR) is 35.8 cm³/mol. The van der Waals surface area contributed by atoms with E-state index in [-0.39, 0.29) is 5.78 Å². The first-order valence-electron chi connectivity index (χ1n) is 2.75. The Balaban J connectivity index is 3.83. The van der Waals surface area contributed by atoms with Crippen LogP contribution in [0.15, 0.2) is 0 Å². The first kappa shape index (κ1) is 9.16. The average Bonchev–Trinajstić information content (AvgIpc) is 1.81. The van der Waals surface area contributed by atoms with Gasteiger partial charge in [0.25, 0.3) is 0 Å². The van der Waals surface area contributed by atoms with Crippen molar-refractivity contribution in [3.63, 3.8) is 0 Å². The maximum Gasteiger partial charge on any atom is 0.200 e. The van der Waals surface area contributed by atoms with Gasteiger partial charge in [-0.3, -0.25) is 9.59 Å². The molecular weight excluding hydrogens is 133 g/mol. The van der Waals surface area contributed by atoms with Crippen LogP contribution in [-0.2, 0) is 4.79 Å². The number of aliphatic hydroxyl groups is 1. The fourth-order valence-corrected chi connectivity index (χ4v) is 0.448. The lowest BCUT2D eigenvalue weighted by Gasteiger charge is -2.10. The summed E-state index contributed by atoms with van der Waals surface area (Å²) >= 11 is 0. The second-order valence-corrected chi connectivity index (χ2v) is 1.85. The van der Waals surface area contributed by atoms with Crippen LogP contribution in [0.4, 0.5) is 4.79 Å². The number of hydrogen-bond donors (Lipinski definition) is 2. The van der Waals surface area contributed by atoms with E-state index < -0.39 is 18.5 Å². The molecule has 2 radical (unpaired) electrons. The van der Waals surface area contributed by atoms with E-state index in [1.807, 2.05) is 0 Å². The van der Waals surface area contributed by atoms with Crippen molar-refractivity contribution in [1.29, 1.82) is 0 Å². The van der Waals surface area contributed by atoms with Gasteiger partial charge in [-0.25, -0.2) is 0 Å². The molecule has 0 fully saturated rings. The maximum atomic E-state index is 10.5. The molecule has 10 heavy (non-hydrogen) atoms. The number of hydrogen-bond acceptors (Lipinski definition) is 3. The molecule has 0 aromatic heterocycles. The van der Waals surface area contributed by atoms with E-state index >= 15 is 0 Å². The SMILES string of the molecule is [B]C(=O)NC(CO)C(C)=O. The number of Topliss-reactive ketones (excluding diaryl/α,β-unsaturated/α-hetero) is 1. The lowest BCUT2D eigenvalue weighted by molar-refractivity contribution is -0.119. The Morgan fingerprint density at radius 1 is 1.70 bits per heavy atom. The minimum atomic E-state index is -0.863. The van der Waals surface area contributed by atoms with Gasteiger partial charge in [0.15, 0.2) is 11.6 Å². The summed E-state index contributed by atoms with van der Waals surface area (Å²) in [5, 5.41) is 10.5. The highest BCUT2D eigenvalue weighted by molar-refractivity contribution is 6.57. The Hall–Kier alpha value is -0.835. The molecule has 0 aromatic rings. The molecule has 0 aliphatic heterocycles. The Morgan fingerprint density at radius 2 is 2.20 bits per heavy atom. The van der Waals surface area contributed by atoms with Crippen LogP contribution in [0.2, 0.25) is 0 Å². The highest BCUT2D eigenvalue weighted by atomic mass is 16.3. The predicted octanol–water partition coefficient (Wildman–Crippen LogP) is -1.19. The minimum absolute atomic E-state index is 0.318. The molecule has 5 heteroatoms. The second-order valence-electron chi connectivity index (χ2n) is 1.85. The molecule has 1 amide bonds. The molecule has 0 rings (SSSR count). The number of rotatable bonds is 3. The molecular formula is C5H8BNO3. The summed E-state index contributed by atoms with van der Waals surface area (Å²) < 4.78 is 0. The highest BCUT2D eigenvalue weighted by Crippen LogP contribution is 1.82. The van der Waals surface area contributed by atoms with Crippen molar-refractivity contribution >= 4 is 19.4 Å². The third-order valence-corrected chi connectivity index (χ3v) is 0.990. The zero-order valence-electron chi connectivity index (χ0n) is 5.63. The molecule has 1 atom stereocenters. The largest absolute Gasteiger partial charge is 0.394 e. The fraction of sp³-hybridized carbons (Fsp3) is 0.600. The van der Waals surface area contributed by atoms with Gasteiger partial charge in [-0.2, -0.15) is 0 Å². The van der Waals surface area contributed by atoms with Crippen molar-refractivity contribution in [3.05, 3.63) is 0 Å².